The normalized spacial score (nSPS) is 11.5. The number of rotatable bonds is 4. The second kappa shape index (κ2) is 10.9. The van der Waals surface area contributed by atoms with Gasteiger partial charge in [-0.25, -0.2) is 0 Å². The lowest BCUT2D eigenvalue weighted by Gasteiger charge is -2.19. The maximum atomic E-state index is 2.31. The molecule has 0 spiro atoms. The van der Waals surface area contributed by atoms with Crippen LogP contribution in [0.5, 0.6) is 0 Å². The van der Waals surface area contributed by atoms with Crippen LogP contribution in [0.2, 0.25) is 0 Å². The summed E-state index contributed by atoms with van der Waals surface area (Å²) in [5.74, 6) is 0. The first-order valence-corrected chi connectivity index (χ1v) is 15.9. The molecule has 0 nitrogen and oxygen atoms in total. The van der Waals surface area contributed by atoms with Gasteiger partial charge in [0.25, 0.3) is 0 Å². The lowest BCUT2D eigenvalue weighted by Crippen LogP contribution is -1.92. The zero-order chi connectivity index (χ0) is 30.5. The summed E-state index contributed by atoms with van der Waals surface area (Å²) in [6.45, 7) is 0. The van der Waals surface area contributed by atoms with Crippen molar-refractivity contribution >= 4 is 43.1 Å². The Labute approximate surface area is 268 Å². The van der Waals surface area contributed by atoms with Crippen LogP contribution in [0.1, 0.15) is 0 Å². The maximum Gasteiger partial charge on any atom is -0.00203 e. The van der Waals surface area contributed by atoms with E-state index in [0.29, 0.717) is 0 Å². The first-order chi connectivity index (χ1) is 22.8. The summed E-state index contributed by atoms with van der Waals surface area (Å²) in [5.41, 5.74) is 9.94. The molecule has 9 aromatic carbocycles. The highest BCUT2D eigenvalue weighted by Crippen LogP contribution is 2.45. The molecule has 0 bridgehead atoms. The SMILES string of the molecule is c1ccc2cc(-c3ccc(-c4c(-c5ccc(-c6cccc7ccccc67)cc5)c5ccccc5c5ccccc45)cc3)ccc2c1. The smallest absolute Gasteiger partial charge is 0.00203 e. The summed E-state index contributed by atoms with van der Waals surface area (Å²) in [6, 6.07) is 66.6. The van der Waals surface area contributed by atoms with Crippen molar-refractivity contribution in [1.29, 1.82) is 0 Å². The van der Waals surface area contributed by atoms with Gasteiger partial charge in [-0.3, -0.25) is 0 Å². The van der Waals surface area contributed by atoms with Gasteiger partial charge in [0.15, 0.2) is 0 Å². The second-order valence-corrected chi connectivity index (χ2v) is 12.1. The average molecular weight is 583 g/mol. The zero-order valence-electron chi connectivity index (χ0n) is 25.3. The molecule has 0 unspecified atom stereocenters. The molecule has 0 aromatic heterocycles. The van der Waals surface area contributed by atoms with E-state index in [1.807, 2.05) is 0 Å². The van der Waals surface area contributed by atoms with E-state index in [4.69, 9.17) is 0 Å². The van der Waals surface area contributed by atoms with Crippen molar-refractivity contribution in [3.05, 3.63) is 182 Å². The molecule has 0 aliphatic carbocycles. The predicted octanol–water partition coefficient (Wildman–Crippen LogP) is 13.0. The van der Waals surface area contributed by atoms with Crippen LogP contribution in [0.25, 0.3) is 87.6 Å². The Morgan fingerprint density at radius 2 is 0.652 bits per heavy atom. The van der Waals surface area contributed by atoms with Gasteiger partial charge in [-0.15, -0.1) is 0 Å². The second-order valence-electron chi connectivity index (χ2n) is 12.1. The third kappa shape index (κ3) is 4.38. The van der Waals surface area contributed by atoms with Gasteiger partial charge >= 0.3 is 0 Å². The van der Waals surface area contributed by atoms with Crippen molar-refractivity contribution in [2.24, 2.45) is 0 Å². The fraction of sp³-hybridized carbons (Fsp3) is 0. The highest BCUT2D eigenvalue weighted by atomic mass is 14.2. The van der Waals surface area contributed by atoms with Gasteiger partial charge in [0.1, 0.15) is 0 Å². The minimum atomic E-state index is 1.22. The number of hydrogen-bond donors (Lipinski definition) is 0. The molecule has 0 heteroatoms. The third-order valence-corrected chi connectivity index (χ3v) is 9.46. The summed E-state index contributed by atoms with van der Waals surface area (Å²) in [5, 5.41) is 10.2. The van der Waals surface area contributed by atoms with Crippen LogP contribution in [0.4, 0.5) is 0 Å². The summed E-state index contributed by atoms with van der Waals surface area (Å²) >= 11 is 0. The molecule has 0 aliphatic heterocycles. The van der Waals surface area contributed by atoms with E-state index in [-0.39, 0.29) is 0 Å². The Balaban J connectivity index is 1.23. The summed E-state index contributed by atoms with van der Waals surface area (Å²) < 4.78 is 0. The van der Waals surface area contributed by atoms with Gasteiger partial charge in [0.2, 0.25) is 0 Å². The molecule has 214 valence electrons. The minimum absolute atomic E-state index is 1.22. The molecule has 0 amide bonds. The summed E-state index contributed by atoms with van der Waals surface area (Å²) in [6.07, 6.45) is 0. The van der Waals surface area contributed by atoms with E-state index in [1.54, 1.807) is 0 Å². The van der Waals surface area contributed by atoms with Gasteiger partial charge in [-0.05, 0) is 93.7 Å². The predicted molar refractivity (Wildman–Crippen MR) is 198 cm³/mol. The van der Waals surface area contributed by atoms with Crippen molar-refractivity contribution < 1.29 is 0 Å². The molecule has 46 heavy (non-hydrogen) atoms. The monoisotopic (exact) mass is 582 g/mol. The van der Waals surface area contributed by atoms with Crippen LogP contribution in [0, 0.1) is 0 Å². The molecule has 0 radical (unpaired) electrons. The van der Waals surface area contributed by atoms with Crippen LogP contribution in [0.3, 0.4) is 0 Å². The molecular weight excluding hydrogens is 553 g/mol. The molecule has 0 aliphatic rings. The molecule has 0 saturated heterocycles. The van der Waals surface area contributed by atoms with E-state index in [1.165, 1.54) is 87.6 Å². The highest BCUT2D eigenvalue weighted by Gasteiger charge is 2.18. The summed E-state index contributed by atoms with van der Waals surface area (Å²) in [7, 11) is 0. The molecule has 0 heterocycles. The lowest BCUT2D eigenvalue weighted by molar-refractivity contribution is 1.60. The fourth-order valence-electron chi connectivity index (χ4n) is 7.23. The Morgan fingerprint density at radius 1 is 0.217 bits per heavy atom. The standard InChI is InChI=1S/C46H30/c1-2-12-37-30-38(29-22-31(37)10-1)32-20-25-35(26-21-32)45-43-17-7-5-15-41(43)42-16-6-8-18-44(42)46(45)36-27-23-34(24-28-36)40-19-9-13-33-11-3-4-14-39(33)40/h1-30H. The van der Waals surface area contributed by atoms with Crippen molar-refractivity contribution in [3.8, 4) is 44.5 Å². The fourth-order valence-corrected chi connectivity index (χ4v) is 7.23. The van der Waals surface area contributed by atoms with Gasteiger partial charge in [-0.1, -0.05) is 176 Å². The largest absolute Gasteiger partial charge is 0.0616 e. The van der Waals surface area contributed by atoms with Crippen molar-refractivity contribution in [3.63, 3.8) is 0 Å². The van der Waals surface area contributed by atoms with Gasteiger partial charge < -0.3 is 0 Å². The maximum absolute atomic E-state index is 2.31. The van der Waals surface area contributed by atoms with E-state index in [2.05, 4.69) is 182 Å². The molecular formula is C46H30. The van der Waals surface area contributed by atoms with E-state index in [0.717, 1.165) is 0 Å². The van der Waals surface area contributed by atoms with Gasteiger partial charge in [0, 0.05) is 0 Å². The van der Waals surface area contributed by atoms with Crippen LogP contribution in [0.15, 0.2) is 182 Å². The first-order valence-electron chi connectivity index (χ1n) is 15.9. The van der Waals surface area contributed by atoms with Crippen molar-refractivity contribution in [2.45, 2.75) is 0 Å². The number of fused-ring (bicyclic) bond motifs is 5. The molecule has 0 saturated carbocycles. The highest BCUT2D eigenvalue weighted by molar-refractivity contribution is 6.21. The molecule has 0 fully saturated rings. The Kier molecular flexibility index (Phi) is 6.25. The van der Waals surface area contributed by atoms with Crippen molar-refractivity contribution in [2.75, 3.05) is 0 Å². The van der Waals surface area contributed by atoms with Crippen LogP contribution in [-0.4, -0.2) is 0 Å². The molecule has 0 N–H and O–H groups in total. The van der Waals surface area contributed by atoms with Gasteiger partial charge in [-0.2, -0.15) is 0 Å². The molecule has 9 rings (SSSR count). The van der Waals surface area contributed by atoms with Gasteiger partial charge in [0.05, 0.1) is 0 Å². The Morgan fingerprint density at radius 3 is 1.28 bits per heavy atom. The zero-order valence-corrected chi connectivity index (χ0v) is 25.3. The Hall–Kier alpha value is -5.98. The van der Waals surface area contributed by atoms with E-state index >= 15 is 0 Å². The molecule has 9 aromatic rings. The van der Waals surface area contributed by atoms with E-state index in [9.17, 15) is 0 Å². The summed E-state index contributed by atoms with van der Waals surface area (Å²) in [4.78, 5) is 0. The lowest BCUT2D eigenvalue weighted by atomic mass is 9.84. The van der Waals surface area contributed by atoms with Crippen molar-refractivity contribution in [1.82, 2.24) is 0 Å². The third-order valence-electron chi connectivity index (χ3n) is 9.46. The quantitative estimate of drug-likeness (QED) is 0.181. The van der Waals surface area contributed by atoms with E-state index < -0.39 is 0 Å². The van der Waals surface area contributed by atoms with Crippen LogP contribution < -0.4 is 0 Å². The number of hydrogen-bond acceptors (Lipinski definition) is 0. The van der Waals surface area contributed by atoms with Crippen LogP contribution in [-0.2, 0) is 0 Å². The number of benzene rings is 9. The average Bonchev–Trinajstić information content (AvgIpc) is 3.14. The molecule has 0 atom stereocenters. The van der Waals surface area contributed by atoms with Crippen LogP contribution >= 0.6 is 0 Å². The minimum Gasteiger partial charge on any atom is -0.0616 e. The Bertz CT molecular complexity index is 2550. The topological polar surface area (TPSA) is 0 Å². The first kappa shape index (κ1) is 26.4.